The van der Waals surface area contributed by atoms with Gasteiger partial charge in [-0.05, 0) is 19.1 Å². The summed E-state index contributed by atoms with van der Waals surface area (Å²) < 4.78 is 5.72. The third-order valence-electron chi connectivity index (χ3n) is 2.94. The molecule has 4 nitrogen and oxygen atoms in total. The van der Waals surface area contributed by atoms with E-state index in [4.69, 9.17) is 21.8 Å². The molecule has 0 saturated carbocycles. The fourth-order valence-corrected chi connectivity index (χ4v) is 2.13. The Bertz CT molecular complexity index is 721. The zero-order valence-electron chi connectivity index (χ0n) is 10.3. The van der Waals surface area contributed by atoms with Crippen LogP contribution in [0.25, 0.3) is 11.0 Å². The molecular formula is C14H12ClN3O. The van der Waals surface area contributed by atoms with Crippen LogP contribution in [0.3, 0.4) is 0 Å². The second kappa shape index (κ2) is 4.64. The van der Waals surface area contributed by atoms with Crippen molar-refractivity contribution in [2.75, 3.05) is 0 Å². The van der Waals surface area contributed by atoms with Crippen LogP contribution in [0.15, 0.2) is 41.1 Å². The lowest BCUT2D eigenvalue weighted by Crippen LogP contribution is -2.13. The van der Waals surface area contributed by atoms with Gasteiger partial charge >= 0.3 is 0 Å². The van der Waals surface area contributed by atoms with Gasteiger partial charge in [0.25, 0.3) is 0 Å². The summed E-state index contributed by atoms with van der Waals surface area (Å²) in [5.74, 6) is 0.626. The normalized spacial score (nSPS) is 12.8. The summed E-state index contributed by atoms with van der Waals surface area (Å²) >= 11 is 6.08. The van der Waals surface area contributed by atoms with Crippen LogP contribution in [0.1, 0.15) is 23.2 Å². The van der Waals surface area contributed by atoms with Gasteiger partial charge in [0.1, 0.15) is 11.8 Å². The Morgan fingerprint density at radius 1 is 1.26 bits per heavy atom. The first-order valence-electron chi connectivity index (χ1n) is 5.87. The maximum atomic E-state index is 6.14. The number of hydrogen-bond acceptors (Lipinski definition) is 4. The van der Waals surface area contributed by atoms with E-state index in [1.807, 2.05) is 25.1 Å². The van der Waals surface area contributed by atoms with Crippen molar-refractivity contribution in [1.82, 2.24) is 9.97 Å². The van der Waals surface area contributed by atoms with Gasteiger partial charge < -0.3 is 10.2 Å². The standard InChI is InChI=1S/C14H12ClN3O/c1-8-6-18-11(7-17-8)13(16)12-5-9-3-2-4-10(15)14(9)19-12/h2-7,13H,16H2,1H3. The second-order valence-corrected chi connectivity index (χ2v) is 4.77. The van der Waals surface area contributed by atoms with E-state index in [0.717, 1.165) is 11.1 Å². The number of fused-ring (bicyclic) bond motifs is 1. The number of aromatic nitrogens is 2. The molecule has 5 heteroatoms. The van der Waals surface area contributed by atoms with Crippen molar-refractivity contribution in [3.63, 3.8) is 0 Å². The molecule has 1 aromatic carbocycles. The molecule has 96 valence electrons. The van der Waals surface area contributed by atoms with E-state index in [1.165, 1.54) is 0 Å². The number of benzene rings is 1. The van der Waals surface area contributed by atoms with Gasteiger partial charge in [-0.1, -0.05) is 23.7 Å². The van der Waals surface area contributed by atoms with Gasteiger partial charge in [0.2, 0.25) is 0 Å². The van der Waals surface area contributed by atoms with E-state index in [1.54, 1.807) is 18.5 Å². The summed E-state index contributed by atoms with van der Waals surface area (Å²) in [7, 11) is 0. The van der Waals surface area contributed by atoms with Crippen LogP contribution in [0.2, 0.25) is 5.02 Å². The van der Waals surface area contributed by atoms with Crippen LogP contribution in [-0.4, -0.2) is 9.97 Å². The molecule has 1 unspecified atom stereocenters. The van der Waals surface area contributed by atoms with Gasteiger partial charge in [0.05, 0.1) is 22.6 Å². The Hall–Kier alpha value is -1.91. The predicted molar refractivity (Wildman–Crippen MR) is 74.0 cm³/mol. The largest absolute Gasteiger partial charge is 0.457 e. The topological polar surface area (TPSA) is 64.9 Å². The first kappa shape index (κ1) is 12.1. The van der Waals surface area contributed by atoms with Crippen molar-refractivity contribution < 1.29 is 4.42 Å². The van der Waals surface area contributed by atoms with Crippen LogP contribution >= 0.6 is 11.6 Å². The number of nitrogens with two attached hydrogens (primary N) is 1. The fourth-order valence-electron chi connectivity index (χ4n) is 1.91. The number of halogens is 1. The molecule has 2 aromatic heterocycles. The Morgan fingerprint density at radius 3 is 2.79 bits per heavy atom. The minimum atomic E-state index is -0.448. The fraction of sp³-hybridized carbons (Fsp3) is 0.143. The van der Waals surface area contributed by atoms with Crippen LogP contribution < -0.4 is 5.73 Å². The summed E-state index contributed by atoms with van der Waals surface area (Å²) in [5, 5.41) is 1.50. The quantitative estimate of drug-likeness (QED) is 0.778. The third-order valence-corrected chi connectivity index (χ3v) is 3.24. The van der Waals surface area contributed by atoms with Gasteiger partial charge in [0.15, 0.2) is 5.58 Å². The lowest BCUT2D eigenvalue weighted by Gasteiger charge is -2.07. The van der Waals surface area contributed by atoms with E-state index in [2.05, 4.69) is 9.97 Å². The van der Waals surface area contributed by atoms with E-state index in [-0.39, 0.29) is 0 Å². The zero-order chi connectivity index (χ0) is 13.4. The summed E-state index contributed by atoms with van der Waals surface area (Å²) in [4.78, 5) is 8.45. The SMILES string of the molecule is Cc1cnc(C(N)c2cc3cccc(Cl)c3o2)cn1. The van der Waals surface area contributed by atoms with Crippen LogP contribution in [0, 0.1) is 6.92 Å². The molecule has 2 heterocycles. The summed E-state index contributed by atoms with van der Waals surface area (Å²) in [6, 6.07) is 7.03. The van der Waals surface area contributed by atoms with Gasteiger partial charge in [-0.2, -0.15) is 0 Å². The molecule has 0 aliphatic heterocycles. The van der Waals surface area contributed by atoms with Gasteiger partial charge in [-0.25, -0.2) is 0 Å². The lowest BCUT2D eigenvalue weighted by atomic mass is 10.1. The number of rotatable bonds is 2. The molecule has 0 amide bonds. The number of hydrogen-bond donors (Lipinski definition) is 1. The minimum Gasteiger partial charge on any atom is -0.457 e. The maximum absolute atomic E-state index is 6.14. The van der Waals surface area contributed by atoms with Crippen molar-refractivity contribution in [3.8, 4) is 0 Å². The highest BCUT2D eigenvalue weighted by molar-refractivity contribution is 6.34. The highest BCUT2D eigenvalue weighted by atomic mass is 35.5. The molecule has 0 radical (unpaired) electrons. The molecule has 0 saturated heterocycles. The van der Waals surface area contributed by atoms with E-state index < -0.39 is 6.04 Å². The van der Waals surface area contributed by atoms with Crippen molar-refractivity contribution in [3.05, 3.63) is 58.8 Å². The average Bonchev–Trinajstić information content (AvgIpc) is 2.84. The molecule has 3 aromatic rings. The second-order valence-electron chi connectivity index (χ2n) is 4.37. The summed E-state index contributed by atoms with van der Waals surface area (Å²) in [6.45, 7) is 1.88. The number of nitrogens with zero attached hydrogens (tertiary/aromatic N) is 2. The number of furan rings is 1. The molecule has 19 heavy (non-hydrogen) atoms. The third kappa shape index (κ3) is 2.20. The van der Waals surface area contributed by atoms with E-state index >= 15 is 0 Å². The van der Waals surface area contributed by atoms with E-state index in [0.29, 0.717) is 22.1 Å². The molecule has 0 fully saturated rings. The Labute approximate surface area is 115 Å². The van der Waals surface area contributed by atoms with Gasteiger partial charge in [-0.15, -0.1) is 0 Å². The van der Waals surface area contributed by atoms with Crippen molar-refractivity contribution in [2.24, 2.45) is 5.73 Å². The monoisotopic (exact) mass is 273 g/mol. The number of aryl methyl sites for hydroxylation is 1. The van der Waals surface area contributed by atoms with Crippen molar-refractivity contribution in [2.45, 2.75) is 13.0 Å². The highest BCUT2D eigenvalue weighted by Gasteiger charge is 2.16. The smallest absolute Gasteiger partial charge is 0.152 e. The van der Waals surface area contributed by atoms with Gasteiger partial charge in [0, 0.05) is 11.6 Å². The molecule has 0 aliphatic carbocycles. The predicted octanol–water partition coefficient (Wildman–Crippen LogP) is 3.23. The van der Waals surface area contributed by atoms with Gasteiger partial charge in [-0.3, -0.25) is 9.97 Å². The highest BCUT2D eigenvalue weighted by Crippen LogP contribution is 2.30. The molecule has 1 atom stereocenters. The van der Waals surface area contributed by atoms with Crippen LogP contribution in [0.5, 0.6) is 0 Å². The van der Waals surface area contributed by atoms with Crippen molar-refractivity contribution in [1.29, 1.82) is 0 Å². The Kier molecular flexibility index (Phi) is 2.97. The van der Waals surface area contributed by atoms with Crippen molar-refractivity contribution >= 4 is 22.6 Å². The van der Waals surface area contributed by atoms with Crippen LogP contribution in [0.4, 0.5) is 0 Å². The Morgan fingerprint density at radius 2 is 2.11 bits per heavy atom. The maximum Gasteiger partial charge on any atom is 0.152 e. The minimum absolute atomic E-state index is 0.448. The molecular weight excluding hydrogens is 262 g/mol. The lowest BCUT2D eigenvalue weighted by molar-refractivity contribution is 0.520. The molecule has 2 N–H and O–H groups in total. The zero-order valence-corrected chi connectivity index (χ0v) is 11.1. The first-order valence-corrected chi connectivity index (χ1v) is 6.25. The summed E-state index contributed by atoms with van der Waals surface area (Å²) in [6.07, 6.45) is 3.35. The van der Waals surface area contributed by atoms with E-state index in [9.17, 15) is 0 Å². The average molecular weight is 274 g/mol. The molecule has 0 spiro atoms. The van der Waals surface area contributed by atoms with Crippen LogP contribution in [-0.2, 0) is 0 Å². The molecule has 0 aliphatic rings. The summed E-state index contributed by atoms with van der Waals surface area (Å²) in [5.41, 5.74) is 8.31. The molecule has 0 bridgehead atoms. The molecule has 3 rings (SSSR count). The Balaban J connectivity index is 2.04. The number of para-hydroxylation sites is 1. The first-order chi connectivity index (χ1) is 9.15.